The van der Waals surface area contributed by atoms with Gasteiger partial charge < -0.3 is 9.47 Å². The van der Waals surface area contributed by atoms with E-state index < -0.39 is 0 Å². The van der Waals surface area contributed by atoms with Crippen molar-refractivity contribution in [3.8, 4) is 0 Å². The molecule has 0 N–H and O–H groups in total. The summed E-state index contributed by atoms with van der Waals surface area (Å²) in [5.74, 6) is 0.162. The molecule has 2 nitrogen and oxygen atoms in total. The van der Waals surface area contributed by atoms with Crippen molar-refractivity contribution in [1.82, 2.24) is 0 Å². The standard InChI is InChI=1S/C8H20O2Si/c1-4-6-9-8(11-3)10-7-5-2/h8H,4-7,11H2,1-3H3. The molecule has 0 heterocycles. The summed E-state index contributed by atoms with van der Waals surface area (Å²) in [5, 5.41) is 0. The number of rotatable bonds is 7. The molecule has 0 rings (SSSR count). The summed E-state index contributed by atoms with van der Waals surface area (Å²) >= 11 is 0. The van der Waals surface area contributed by atoms with Gasteiger partial charge in [0.2, 0.25) is 0 Å². The van der Waals surface area contributed by atoms with Crippen molar-refractivity contribution in [3.63, 3.8) is 0 Å². The average molecular weight is 176 g/mol. The second-order valence-electron chi connectivity index (χ2n) is 2.58. The second-order valence-corrected chi connectivity index (χ2v) is 4.06. The molecule has 0 fully saturated rings. The molecule has 0 aromatic carbocycles. The van der Waals surface area contributed by atoms with Crippen LogP contribution in [0.4, 0.5) is 0 Å². The quantitative estimate of drug-likeness (QED) is 0.430. The predicted molar refractivity (Wildman–Crippen MR) is 50.7 cm³/mol. The summed E-state index contributed by atoms with van der Waals surface area (Å²) in [5.41, 5.74) is 0. The normalized spacial score (nSPS) is 12.0. The van der Waals surface area contributed by atoms with Gasteiger partial charge in [-0.3, -0.25) is 0 Å². The van der Waals surface area contributed by atoms with Crippen LogP contribution in [0.5, 0.6) is 0 Å². The molecule has 0 aromatic rings. The van der Waals surface area contributed by atoms with E-state index in [4.69, 9.17) is 9.47 Å². The fourth-order valence-electron chi connectivity index (χ4n) is 0.782. The molecular formula is C8H20O2Si. The Morgan fingerprint density at radius 2 is 1.55 bits per heavy atom. The molecule has 11 heavy (non-hydrogen) atoms. The summed E-state index contributed by atoms with van der Waals surface area (Å²) in [7, 11) is -0.157. The number of ether oxygens (including phenoxy) is 2. The van der Waals surface area contributed by atoms with Crippen LogP contribution in [0.1, 0.15) is 26.7 Å². The highest BCUT2D eigenvalue weighted by molar-refractivity contribution is 6.34. The van der Waals surface area contributed by atoms with E-state index in [2.05, 4.69) is 20.4 Å². The topological polar surface area (TPSA) is 18.5 Å². The Balaban J connectivity index is 3.25. The van der Waals surface area contributed by atoms with Crippen molar-refractivity contribution < 1.29 is 9.47 Å². The van der Waals surface area contributed by atoms with Crippen LogP contribution in [0.2, 0.25) is 6.55 Å². The van der Waals surface area contributed by atoms with Crippen LogP contribution >= 0.6 is 0 Å². The van der Waals surface area contributed by atoms with Gasteiger partial charge in [-0.15, -0.1) is 0 Å². The van der Waals surface area contributed by atoms with Gasteiger partial charge >= 0.3 is 0 Å². The Kier molecular flexibility index (Phi) is 8.34. The van der Waals surface area contributed by atoms with Crippen LogP contribution in [0, 0.1) is 0 Å². The zero-order valence-corrected chi connectivity index (χ0v) is 9.34. The Labute approximate surface area is 72.1 Å². The van der Waals surface area contributed by atoms with E-state index in [1.807, 2.05) is 0 Å². The molecule has 68 valence electrons. The van der Waals surface area contributed by atoms with Gasteiger partial charge in [0, 0.05) is 13.2 Å². The average Bonchev–Trinajstić information content (AvgIpc) is 2.05. The van der Waals surface area contributed by atoms with Gasteiger partial charge in [0.25, 0.3) is 0 Å². The summed E-state index contributed by atoms with van der Waals surface area (Å²) in [6.45, 7) is 8.14. The van der Waals surface area contributed by atoms with Crippen molar-refractivity contribution >= 4 is 9.52 Å². The Hall–Kier alpha value is 0.137. The highest BCUT2D eigenvalue weighted by Gasteiger charge is 2.04. The fraction of sp³-hybridized carbons (Fsp3) is 1.00. The summed E-state index contributed by atoms with van der Waals surface area (Å²) in [6.07, 6.45) is 2.17. The van der Waals surface area contributed by atoms with Gasteiger partial charge in [-0.1, -0.05) is 20.4 Å². The molecule has 0 unspecified atom stereocenters. The first-order chi connectivity index (χ1) is 5.35. The summed E-state index contributed by atoms with van der Waals surface area (Å²) in [6, 6.07) is 0. The molecule has 0 saturated carbocycles. The first-order valence-corrected chi connectivity index (χ1v) is 6.81. The smallest absolute Gasteiger partial charge is 0.134 e. The molecule has 0 aliphatic carbocycles. The maximum atomic E-state index is 5.48. The lowest BCUT2D eigenvalue weighted by Gasteiger charge is -2.15. The van der Waals surface area contributed by atoms with Gasteiger partial charge in [0.15, 0.2) is 0 Å². The Morgan fingerprint density at radius 1 is 1.09 bits per heavy atom. The molecule has 0 radical (unpaired) electrons. The number of hydrogen-bond donors (Lipinski definition) is 0. The lowest BCUT2D eigenvalue weighted by atomic mass is 10.5. The molecule has 0 spiro atoms. The minimum absolute atomic E-state index is 0.157. The Morgan fingerprint density at radius 3 is 1.82 bits per heavy atom. The summed E-state index contributed by atoms with van der Waals surface area (Å²) in [4.78, 5) is 0. The van der Waals surface area contributed by atoms with Crippen molar-refractivity contribution in [2.45, 2.75) is 39.1 Å². The third-order valence-corrected chi connectivity index (χ3v) is 2.49. The number of hydrogen-bond acceptors (Lipinski definition) is 2. The zero-order valence-electron chi connectivity index (χ0n) is 7.93. The van der Waals surface area contributed by atoms with Crippen LogP contribution in [0.15, 0.2) is 0 Å². The molecule has 0 saturated heterocycles. The minimum Gasteiger partial charge on any atom is -0.357 e. The molecule has 3 heteroatoms. The van der Waals surface area contributed by atoms with E-state index in [1.165, 1.54) is 0 Å². The van der Waals surface area contributed by atoms with Gasteiger partial charge in [-0.25, -0.2) is 0 Å². The van der Waals surface area contributed by atoms with Gasteiger partial charge in [0.1, 0.15) is 5.91 Å². The summed E-state index contributed by atoms with van der Waals surface area (Å²) < 4.78 is 11.0. The first-order valence-electron chi connectivity index (χ1n) is 4.58. The molecule has 0 aliphatic rings. The monoisotopic (exact) mass is 176 g/mol. The highest BCUT2D eigenvalue weighted by atomic mass is 28.2. The van der Waals surface area contributed by atoms with Gasteiger partial charge in [-0.05, 0) is 12.8 Å². The third-order valence-electron chi connectivity index (χ3n) is 1.35. The third kappa shape index (κ3) is 6.53. The van der Waals surface area contributed by atoms with Crippen molar-refractivity contribution in [2.24, 2.45) is 0 Å². The highest BCUT2D eigenvalue weighted by Crippen LogP contribution is 1.95. The lowest BCUT2D eigenvalue weighted by Crippen LogP contribution is -2.23. The molecule has 0 amide bonds. The van der Waals surface area contributed by atoms with E-state index in [0.29, 0.717) is 0 Å². The zero-order chi connectivity index (χ0) is 8.53. The molecular weight excluding hydrogens is 156 g/mol. The van der Waals surface area contributed by atoms with Gasteiger partial charge in [-0.2, -0.15) is 0 Å². The predicted octanol–water partition coefficient (Wildman–Crippen LogP) is 1.34. The van der Waals surface area contributed by atoms with E-state index in [9.17, 15) is 0 Å². The second kappa shape index (κ2) is 8.24. The fourth-order valence-corrected chi connectivity index (χ4v) is 1.59. The maximum Gasteiger partial charge on any atom is 0.134 e. The van der Waals surface area contributed by atoms with E-state index in [1.54, 1.807) is 0 Å². The SMILES string of the molecule is CCCOC(OCCC)[SiH2]C. The van der Waals surface area contributed by atoms with E-state index in [-0.39, 0.29) is 15.4 Å². The largest absolute Gasteiger partial charge is 0.357 e. The van der Waals surface area contributed by atoms with E-state index in [0.717, 1.165) is 26.1 Å². The van der Waals surface area contributed by atoms with Crippen molar-refractivity contribution in [2.75, 3.05) is 13.2 Å². The van der Waals surface area contributed by atoms with Crippen molar-refractivity contribution in [1.29, 1.82) is 0 Å². The van der Waals surface area contributed by atoms with Crippen LogP contribution in [0.3, 0.4) is 0 Å². The Bertz CT molecular complexity index is 70.5. The van der Waals surface area contributed by atoms with Crippen LogP contribution < -0.4 is 0 Å². The van der Waals surface area contributed by atoms with E-state index >= 15 is 0 Å². The van der Waals surface area contributed by atoms with Crippen LogP contribution in [-0.4, -0.2) is 28.6 Å². The van der Waals surface area contributed by atoms with Crippen molar-refractivity contribution in [3.05, 3.63) is 0 Å². The lowest BCUT2D eigenvalue weighted by molar-refractivity contribution is -0.0900. The molecule has 0 bridgehead atoms. The molecule has 0 aromatic heterocycles. The van der Waals surface area contributed by atoms with Gasteiger partial charge in [0.05, 0.1) is 9.52 Å². The maximum absolute atomic E-state index is 5.48. The van der Waals surface area contributed by atoms with Crippen LogP contribution in [-0.2, 0) is 9.47 Å². The minimum atomic E-state index is -0.157. The molecule has 0 aliphatic heterocycles. The first kappa shape index (κ1) is 11.1. The van der Waals surface area contributed by atoms with Crippen LogP contribution in [0.25, 0.3) is 0 Å². The molecule has 0 atom stereocenters.